The summed E-state index contributed by atoms with van der Waals surface area (Å²) in [5.74, 6) is -0.818. The summed E-state index contributed by atoms with van der Waals surface area (Å²) < 4.78 is 13.5. The average Bonchev–Trinajstić information content (AvgIpc) is 2.96. The summed E-state index contributed by atoms with van der Waals surface area (Å²) in [6.07, 6.45) is 2.05. The fourth-order valence-corrected chi connectivity index (χ4v) is 3.69. The number of aryl methyl sites for hydroxylation is 1. The van der Waals surface area contributed by atoms with Crippen molar-refractivity contribution >= 4 is 29.0 Å². The summed E-state index contributed by atoms with van der Waals surface area (Å²) in [7, 11) is 3.71. The van der Waals surface area contributed by atoms with E-state index in [0.29, 0.717) is 11.3 Å². The van der Waals surface area contributed by atoms with Crippen LogP contribution in [0.1, 0.15) is 23.6 Å². The molecule has 0 saturated carbocycles. The molecule has 0 aromatic heterocycles. The van der Waals surface area contributed by atoms with E-state index >= 15 is 0 Å². The summed E-state index contributed by atoms with van der Waals surface area (Å²) in [5, 5.41) is 5.36. The van der Waals surface area contributed by atoms with E-state index in [0.717, 1.165) is 25.1 Å². The van der Waals surface area contributed by atoms with Gasteiger partial charge in [-0.05, 0) is 54.8 Å². The molecule has 2 heterocycles. The number of anilines is 3. The van der Waals surface area contributed by atoms with Crippen molar-refractivity contribution in [2.24, 2.45) is 0 Å². The molecule has 27 heavy (non-hydrogen) atoms. The van der Waals surface area contributed by atoms with Crippen molar-refractivity contribution in [1.82, 2.24) is 5.32 Å². The van der Waals surface area contributed by atoms with Crippen LogP contribution in [0, 0.1) is 5.82 Å². The number of benzene rings is 2. The lowest BCUT2D eigenvalue weighted by Gasteiger charge is -2.29. The summed E-state index contributed by atoms with van der Waals surface area (Å²) in [6.45, 7) is 1.02. The predicted molar refractivity (Wildman–Crippen MR) is 103 cm³/mol. The maximum absolute atomic E-state index is 13.5. The van der Waals surface area contributed by atoms with Crippen molar-refractivity contribution < 1.29 is 14.0 Å². The Morgan fingerprint density at radius 2 is 2.11 bits per heavy atom. The van der Waals surface area contributed by atoms with Crippen LogP contribution in [0.2, 0.25) is 0 Å². The first-order valence-corrected chi connectivity index (χ1v) is 8.92. The topological polar surface area (TPSA) is 64.7 Å². The van der Waals surface area contributed by atoms with E-state index in [1.165, 1.54) is 34.3 Å². The Labute approximate surface area is 157 Å². The number of hydrogen-bond donors (Lipinski definition) is 2. The van der Waals surface area contributed by atoms with Gasteiger partial charge in [0.1, 0.15) is 11.9 Å². The largest absolute Gasteiger partial charge is 0.374 e. The summed E-state index contributed by atoms with van der Waals surface area (Å²) in [5.41, 5.74) is 4.09. The minimum Gasteiger partial charge on any atom is -0.374 e. The maximum atomic E-state index is 13.5. The number of nitrogens with zero attached hydrogens (tertiary/aromatic N) is 2. The molecule has 1 atom stereocenters. The van der Waals surface area contributed by atoms with Crippen LogP contribution in [0.5, 0.6) is 0 Å². The molecule has 2 N–H and O–H groups in total. The Bertz CT molecular complexity index is 930. The Kier molecular flexibility index (Phi) is 4.22. The molecule has 140 valence electrons. The first-order valence-electron chi connectivity index (χ1n) is 8.92. The Hall–Kier alpha value is -3.09. The fourth-order valence-electron chi connectivity index (χ4n) is 3.69. The van der Waals surface area contributed by atoms with Crippen LogP contribution in [-0.4, -0.2) is 32.6 Å². The Morgan fingerprint density at radius 3 is 2.93 bits per heavy atom. The zero-order valence-corrected chi connectivity index (χ0v) is 15.3. The smallest absolute Gasteiger partial charge is 0.322 e. The number of amides is 3. The zero-order chi connectivity index (χ0) is 19.1. The van der Waals surface area contributed by atoms with Gasteiger partial charge >= 0.3 is 6.03 Å². The van der Waals surface area contributed by atoms with Crippen LogP contribution in [0.3, 0.4) is 0 Å². The van der Waals surface area contributed by atoms with Gasteiger partial charge in [-0.25, -0.2) is 9.18 Å². The number of nitrogens with one attached hydrogen (secondary N) is 2. The quantitative estimate of drug-likeness (QED) is 0.856. The lowest BCUT2D eigenvalue weighted by atomic mass is 10.0. The first-order chi connectivity index (χ1) is 12.9. The van der Waals surface area contributed by atoms with Gasteiger partial charge in [0.25, 0.3) is 5.91 Å². The first kappa shape index (κ1) is 17.3. The van der Waals surface area contributed by atoms with E-state index < -0.39 is 17.9 Å². The van der Waals surface area contributed by atoms with Gasteiger partial charge in [-0.3, -0.25) is 9.69 Å². The second kappa shape index (κ2) is 6.57. The number of carbonyl (C=O) groups excluding carboxylic acids is 2. The van der Waals surface area contributed by atoms with Crippen molar-refractivity contribution in [3.63, 3.8) is 0 Å². The molecular formula is C20H21FN4O2. The number of hydrogen-bond acceptors (Lipinski definition) is 3. The van der Waals surface area contributed by atoms with Gasteiger partial charge in [0, 0.05) is 43.3 Å². The van der Waals surface area contributed by atoms with Crippen molar-refractivity contribution in [1.29, 1.82) is 0 Å². The predicted octanol–water partition coefficient (Wildman–Crippen LogP) is 3.05. The van der Waals surface area contributed by atoms with Gasteiger partial charge in [-0.2, -0.15) is 0 Å². The van der Waals surface area contributed by atoms with E-state index in [-0.39, 0.29) is 5.91 Å². The SMILES string of the molecule is CN1CCCc2cc(N(C)C(=O)NC3C(=O)Nc4ccc(F)cc43)ccc21. The molecule has 0 bridgehead atoms. The van der Waals surface area contributed by atoms with Crippen molar-refractivity contribution in [3.8, 4) is 0 Å². The van der Waals surface area contributed by atoms with Crippen LogP contribution in [0.4, 0.5) is 26.2 Å². The molecule has 6 nitrogen and oxygen atoms in total. The fraction of sp³-hybridized carbons (Fsp3) is 0.300. The minimum atomic E-state index is -0.908. The molecule has 0 spiro atoms. The molecule has 4 rings (SSSR count). The van der Waals surface area contributed by atoms with Crippen LogP contribution >= 0.6 is 0 Å². The summed E-state index contributed by atoms with van der Waals surface area (Å²) in [6, 6.07) is 8.63. The number of halogens is 1. The van der Waals surface area contributed by atoms with Crippen LogP contribution < -0.4 is 20.4 Å². The van der Waals surface area contributed by atoms with E-state index in [1.54, 1.807) is 7.05 Å². The zero-order valence-electron chi connectivity index (χ0n) is 15.3. The molecule has 1 unspecified atom stereocenters. The van der Waals surface area contributed by atoms with Gasteiger partial charge in [0.15, 0.2) is 0 Å². The molecule has 0 fully saturated rings. The van der Waals surface area contributed by atoms with Gasteiger partial charge in [-0.1, -0.05) is 0 Å². The Balaban J connectivity index is 1.54. The standard InChI is InChI=1S/C20H21FN4O2/c1-24-9-3-4-12-10-14(6-8-17(12)24)25(2)20(27)23-18-15-11-13(21)5-7-16(15)22-19(18)26/h5-8,10-11,18H,3-4,9H2,1-2H3,(H,22,26)(H,23,27). The normalized spacial score (nSPS) is 17.8. The van der Waals surface area contributed by atoms with Gasteiger partial charge in [-0.15, -0.1) is 0 Å². The molecular weight excluding hydrogens is 347 g/mol. The second-order valence-corrected chi connectivity index (χ2v) is 7.00. The Morgan fingerprint density at radius 1 is 1.30 bits per heavy atom. The molecule has 2 aromatic carbocycles. The third-order valence-electron chi connectivity index (χ3n) is 5.22. The molecule has 7 heteroatoms. The average molecular weight is 368 g/mol. The van der Waals surface area contributed by atoms with E-state index in [9.17, 15) is 14.0 Å². The summed E-state index contributed by atoms with van der Waals surface area (Å²) >= 11 is 0. The minimum absolute atomic E-state index is 0.371. The molecule has 2 aliphatic heterocycles. The number of fused-ring (bicyclic) bond motifs is 2. The number of urea groups is 1. The van der Waals surface area contributed by atoms with Gasteiger partial charge in [0.05, 0.1) is 0 Å². The van der Waals surface area contributed by atoms with Crippen LogP contribution in [-0.2, 0) is 11.2 Å². The maximum Gasteiger partial charge on any atom is 0.322 e. The summed E-state index contributed by atoms with van der Waals surface area (Å²) in [4.78, 5) is 28.6. The van der Waals surface area contributed by atoms with Crippen LogP contribution in [0.25, 0.3) is 0 Å². The third kappa shape index (κ3) is 3.09. The van der Waals surface area contributed by atoms with Crippen LogP contribution in [0.15, 0.2) is 36.4 Å². The molecule has 0 radical (unpaired) electrons. The van der Waals surface area contributed by atoms with E-state index in [2.05, 4.69) is 22.6 Å². The molecule has 2 aliphatic rings. The van der Waals surface area contributed by atoms with Crippen molar-refractivity contribution in [2.75, 3.05) is 35.8 Å². The molecule has 0 saturated heterocycles. The highest BCUT2D eigenvalue weighted by Gasteiger charge is 2.33. The van der Waals surface area contributed by atoms with Crippen molar-refractivity contribution in [2.45, 2.75) is 18.9 Å². The number of carbonyl (C=O) groups is 2. The highest BCUT2D eigenvalue weighted by Crippen LogP contribution is 2.32. The van der Waals surface area contributed by atoms with Crippen molar-refractivity contribution in [3.05, 3.63) is 53.3 Å². The molecule has 2 aromatic rings. The van der Waals surface area contributed by atoms with E-state index in [4.69, 9.17) is 0 Å². The lowest BCUT2D eigenvalue weighted by Crippen LogP contribution is -2.41. The second-order valence-electron chi connectivity index (χ2n) is 7.00. The lowest BCUT2D eigenvalue weighted by molar-refractivity contribution is -0.117. The molecule has 3 amide bonds. The monoisotopic (exact) mass is 368 g/mol. The highest BCUT2D eigenvalue weighted by molar-refractivity contribution is 6.05. The van der Waals surface area contributed by atoms with Gasteiger partial charge in [0.2, 0.25) is 0 Å². The van der Waals surface area contributed by atoms with E-state index in [1.807, 2.05) is 18.2 Å². The third-order valence-corrected chi connectivity index (χ3v) is 5.22. The molecule has 0 aliphatic carbocycles. The highest BCUT2D eigenvalue weighted by atomic mass is 19.1. The number of rotatable bonds is 2. The van der Waals surface area contributed by atoms with Gasteiger partial charge < -0.3 is 15.5 Å².